The Hall–Kier alpha value is -3.05. The predicted molar refractivity (Wildman–Crippen MR) is 120 cm³/mol. The van der Waals surface area contributed by atoms with Gasteiger partial charge in [0.05, 0.1) is 0 Å². The van der Waals surface area contributed by atoms with Gasteiger partial charge >= 0.3 is 0 Å². The van der Waals surface area contributed by atoms with Crippen LogP contribution in [0.3, 0.4) is 0 Å². The highest BCUT2D eigenvalue weighted by Crippen LogP contribution is 2.41. The molecule has 3 aromatic rings. The zero-order valence-corrected chi connectivity index (χ0v) is 17.1. The van der Waals surface area contributed by atoms with Crippen LogP contribution >= 0.6 is 0 Å². The molecule has 1 N–H and O–H groups in total. The molecule has 0 unspecified atom stereocenters. The molecule has 1 spiro atoms. The number of hydrogen-bond donors (Lipinski definition) is 1. The Kier molecular flexibility index (Phi) is 5.05. The third-order valence-electron chi connectivity index (χ3n) is 6.34. The fraction of sp³-hybridized carbons (Fsp3) is 0.320. The number of anilines is 1. The molecule has 0 bridgehead atoms. The molecule has 30 heavy (non-hydrogen) atoms. The molecule has 5 nitrogen and oxygen atoms in total. The van der Waals surface area contributed by atoms with E-state index in [9.17, 15) is 4.79 Å². The zero-order chi connectivity index (χ0) is 20.4. The van der Waals surface area contributed by atoms with Gasteiger partial charge in [0.2, 0.25) is 0 Å². The molecule has 1 aromatic heterocycles. The smallest absolute Gasteiger partial charge is 0.255 e. The van der Waals surface area contributed by atoms with Crippen molar-refractivity contribution in [3.8, 4) is 11.4 Å². The quantitative estimate of drug-likeness (QED) is 0.710. The number of hydrogen-bond acceptors (Lipinski definition) is 4. The molecule has 3 heterocycles. The van der Waals surface area contributed by atoms with Gasteiger partial charge in [-0.05, 0) is 74.0 Å². The highest BCUT2D eigenvalue weighted by molar-refractivity contribution is 5.53. The van der Waals surface area contributed by atoms with Gasteiger partial charge in [-0.1, -0.05) is 18.2 Å². The lowest BCUT2D eigenvalue weighted by atomic mass is 9.72. The first-order valence-corrected chi connectivity index (χ1v) is 10.7. The van der Waals surface area contributed by atoms with Crippen molar-refractivity contribution >= 4 is 5.69 Å². The maximum Gasteiger partial charge on any atom is 0.255 e. The van der Waals surface area contributed by atoms with E-state index in [1.165, 1.54) is 18.5 Å². The Bertz CT molecular complexity index is 1050. The molecule has 2 aliphatic rings. The van der Waals surface area contributed by atoms with E-state index in [0.717, 1.165) is 43.2 Å². The minimum Gasteiger partial charge on any atom is -0.489 e. The van der Waals surface area contributed by atoms with E-state index in [1.807, 2.05) is 54.7 Å². The van der Waals surface area contributed by atoms with E-state index < -0.39 is 0 Å². The number of piperidine rings is 1. The fourth-order valence-electron chi connectivity index (χ4n) is 4.55. The molecule has 154 valence electrons. The van der Waals surface area contributed by atoms with E-state index in [1.54, 1.807) is 10.6 Å². The van der Waals surface area contributed by atoms with Crippen molar-refractivity contribution < 1.29 is 4.74 Å². The van der Waals surface area contributed by atoms with Crippen molar-refractivity contribution in [2.24, 2.45) is 5.41 Å². The maximum absolute atomic E-state index is 12.6. The molecule has 2 saturated heterocycles. The van der Waals surface area contributed by atoms with E-state index >= 15 is 0 Å². The topological polar surface area (TPSA) is 46.5 Å². The average molecular weight is 402 g/mol. The van der Waals surface area contributed by atoms with Crippen molar-refractivity contribution in [2.75, 3.05) is 31.1 Å². The normalized spacial score (nSPS) is 17.5. The predicted octanol–water partition coefficient (Wildman–Crippen LogP) is 3.61. The van der Waals surface area contributed by atoms with Crippen LogP contribution in [0.1, 0.15) is 18.4 Å². The van der Waals surface area contributed by atoms with Crippen molar-refractivity contribution in [2.45, 2.75) is 19.4 Å². The summed E-state index contributed by atoms with van der Waals surface area (Å²) in [5, 5.41) is 3.46. The third kappa shape index (κ3) is 3.85. The maximum atomic E-state index is 12.6. The van der Waals surface area contributed by atoms with E-state index in [-0.39, 0.29) is 5.56 Å². The lowest BCUT2D eigenvalue weighted by Gasteiger charge is -2.53. The number of rotatable bonds is 5. The van der Waals surface area contributed by atoms with Crippen molar-refractivity contribution in [3.05, 3.63) is 88.8 Å². The summed E-state index contributed by atoms with van der Waals surface area (Å²) in [6.45, 7) is 4.95. The van der Waals surface area contributed by atoms with Crippen molar-refractivity contribution in [1.82, 2.24) is 9.88 Å². The summed E-state index contributed by atoms with van der Waals surface area (Å²) >= 11 is 0. The van der Waals surface area contributed by atoms with Gasteiger partial charge in [-0.15, -0.1) is 0 Å². The number of nitrogens with one attached hydrogen (secondary N) is 1. The van der Waals surface area contributed by atoms with Crippen LogP contribution in [0.4, 0.5) is 5.69 Å². The van der Waals surface area contributed by atoms with E-state index in [0.29, 0.717) is 12.0 Å². The average Bonchev–Trinajstić information content (AvgIpc) is 2.78. The van der Waals surface area contributed by atoms with Crippen LogP contribution < -0.4 is 20.5 Å². The van der Waals surface area contributed by atoms with Crippen LogP contribution in [0.25, 0.3) is 5.69 Å². The number of aromatic nitrogens is 1. The van der Waals surface area contributed by atoms with Gasteiger partial charge in [-0.25, -0.2) is 0 Å². The summed E-state index contributed by atoms with van der Waals surface area (Å²) in [4.78, 5) is 15.1. The first kappa shape index (κ1) is 18.9. The highest BCUT2D eigenvalue weighted by atomic mass is 16.5. The van der Waals surface area contributed by atoms with Crippen LogP contribution in [-0.2, 0) is 6.61 Å². The second-order valence-corrected chi connectivity index (χ2v) is 8.47. The second-order valence-electron chi connectivity index (χ2n) is 8.47. The fourth-order valence-corrected chi connectivity index (χ4v) is 4.55. The van der Waals surface area contributed by atoms with E-state index in [4.69, 9.17) is 4.74 Å². The first-order chi connectivity index (χ1) is 14.7. The Morgan fingerprint density at radius 2 is 1.60 bits per heavy atom. The molecule has 0 atom stereocenters. The molecule has 5 heteroatoms. The van der Waals surface area contributed by atoms with Crippen LogP contribution in [0, 0.1) is 5.41 Å². The molecule has 2 aromatic carbocycles. The minimum absolute atomic E-state index is 0.0467. The van der Waals surface area contributed by atoms with Crippen LogP contribution in [-0.4, -0.2) is 30.7 Å². The third-order valence-corrected chi connectivity index (χ3v) is 6.34. The van der Waals surface area contributed by atoms with Crippen molar-refractivity contribution in [1.29, 1.82) is 0 Å². The number of para-hydroxylation sites is 1. The lowest BCUT2D eigenvalue weighted by molar-refractivity contribution is 0.150. The molecule has 5 rings (SSSR count). The number of nitrogens with zero attached hydrogens (tertiary/aromatic N) is 2. The Labute approximate surface area is 176 Å². The number of benzene rings is 2. The molecular weight excluding hydrogens is 374 g/mol. The summed E-state index contributed by atoms with van der Waals surface area (Å²) in [5.74, 6) is 0.800. The van der Waals surface area contributed by atoms with Crippen LogP contribution in [0.15, 0.2) is 77.7 Å². The van der Waals surface area contributed by atoms with Gasteiger partial charge < -0.3 is 15.0 Å². The van der Waals surface area contributed by atoms with Gasteiger partial charge in [0.25, 0.3) is 5.56 Å². The molecular formula is C25H27N3O2. The molecule has 2 aliphatic heterocycles. The monoisotopic (exact) mass is 401 g/mol. The van der Waals surface area contributed by atoms with E-state index in [2.05, 4.69) is 22.3 Å². The second kappa shape index (κ2) is 8.00. The summed E-state index contributed by atoms with van der Waals surface area (Å²) in [6.07, 6.45) is 4.38. The summed E-state index contributed by atoms with van der Waals surface area (Å²) < 4.78 is 7.42. The lowest BCUT2D eigenvalue weighted by Crippen LogP contribution is -2.60. The first-order valence-electron chi connectivity index (χ1n) is 10.7. The summed E-state index contributed by atoms with van der Waals surface area (Å²) in [7, 11) is 0. The molecule has 0 aliphatic carbocycles. The van der Waals surface area contributed by atoms with Gasteiger partial charge in [0.1, 0.15) is 12.4 Å². The Morgan fingerprint density at radius 1 is 0.900 bits per heavy atom. The molecule has 0 amide bonds. The Balaban J connectivity index is 1.24. The van der Waals surface area contributed by atoms with Crippen LogP contribution in [0.2, 0.25) is 0 Å². The molecule has 0 radical (unpaired) electrons. The standard InChI is InChI=1S/C25H27N3O2/c29-24-16-20(17-30-23-4-2-1-3-5-23)10-15-28(24)22-8-6-21(7-9-22)27-18-25(19-27)11-13-26-14-12-25/h1-10,15-16,26H,11-14,17-19H2. The molecule has 2 fully saturated rings. The highest BCUT2D eigenvalue weighted by Gasteiger charge is 2.43. The Morgan fingerprint density at radius 3 is 2.30 bits per heavy atom. The van der Waals surface area contributed by atoms with Gasteiger partial charge in [-0.2, -0.15) is 0 Å². The van der Waals surface area contributed by atoms with Gasteiger partial charge in [-0.3, -0.25) is 9.36 Å². The number of ether oxygens (including phenoxy) is 1. The van der Waals surface area contributed by atoms with Gasteiger partial charge in [0.15, 0.2) is 0 Å². The summed E-state index contributed by atoms with van der Waals surface area (Å²) in [6, 6.07) is 21.5. The SMILES string of the molecule is O=c1cc(COc2ccccc2)ccn1-c1ccc(N2CC3(CCNCC3)C2)cc1. The van der Waals surface area contributed by atoms with Crippen LogP contribution in [0.5, 0.6) is 5.75 Å². The van der Waals surface area contributed by atoms with Crippen molar-refractivity contribution in [3.63, 3.8) is 0 Å². The summed E-state index contributed by atoms with van der Waals surface area (Å²) in [5.41, 5.74) is 3.46. The molecule has 0 saturated carbocycles. The van der Waals surface area contributed by atoms with Gasteiger partial charge in [0, 0.05) is 42.1 Å². The minimum atomic E-state index is -0.0467. The number of pyridine rings is 1. The largest absolute Gasteiger partial charge is 0.489 e. The zero-order valence-electron chi connectivity index (χ0n) is 17.1.